The van der Waals surface area contributed by atoms with Crippen LogP contribution in [0.15, 0.2) is 285 Å². The summed E-state index contributed by atoms with van der Waals surface area (Å²) in [5, 5.41) is 18.3. The maximum Gasteiger partial charge on any atom is 0.212 e. The van der Waals surface area contributed by atoms with Crippen molar-refractivity contribution < 1.29 is 45.5 Å². The quantitative estimate of drug-likeness (QED) is 0.121. The first-order valence-corrected chi connectivity index (χ1v) is 44.6. The van der Waals surface area contributed by atoms with Crippen LogP contribution in [0.3, 0.4) is 0 Å². The lowest BCUT2D eigenvalue weighted by Crippen LogP contribution is -2.31. The first-order chi connectivity index (χ1) is 62.7. The van der Waals surface area contributed by atoms with Crippen molar-refractivity contribution in [3.05, 3.63) is 312 Å². The summed E-state index contributed by atoms with van der Waals surface area (Å²) in [6, 6.07) is 84.3. The van der Waals surface area contributed by atoms with Gasteiger partial charge >= 0.3 is 0 Å². The normalized spacial score (nSPS) is 15.8. The third-order valence-electron chi connectivity index (χ3n) is 26.6. The Morgan fingerprint density at radius 1 is 0.301 bits per heavy atom. The molecule has 0 saturated heterocycles. The number of aromatic nitrogens is 4. The van der Waals surface area contributed by atoms with E-state index in [1.54, 1.807) is 0 Å². The second kappa shape index (κ2) is 33.4. The fourth-order valence-corrected chi connectivity index (χ4v) is 20.0. The molecule has 0 N–H and O–H groups in total. The first kappa shape index (κ1) is 71.1. The van der Waals surface area contributed by atoms with Crippen molar-refractivity contribution in [1.82, 2.24) is 0 Å². The Kier molecular flexibility index (Phi) is 19.3. The Hall–Kier alpha value is -12.5. The summed E-state index contributed by atoms with van der Waals surface area (Å²) < 4.78 is 95.9. The summed E-state index contributed by atoms with van der Waals surface area (Å²) in [7, 11) is 8.15. The second-order valence-corrected chi connectivity index (χ2v) is 35.4. The molecule has 20 aromatic rings. The number of nitrogens with zero attached hydrogens (tertiary/aromatic N) is 4. The zero-order chi connectivity index (χ0) is 90.0. The van der Waals surface area contributed by atoms with Crippen LogP contribution in [0, 0.1) is 45.4 Å². The Morgan fingerprint density at radius 2 is 0.585 bits per heavy atom. The van der Waals surface area contributed by atoms with Crippen molar-refractivity contribution in [2.24, 2.45) is 45.9 Å². The summed E-state index contributed by atoms with van der Waals surface area (Å²) in [5.41, 5.74) is 23.9. The predicted octanol–water partition coefficient (Wildman–Crippen LogP) is 29.3. The van der Waals surface area contributed by atoms with Gasteiger partial charge in [-0.3, -0.25) is 0 Å². The Balaban J connectivity index is 0.000000108. The molecule has 0 bridgehead atoms. The molecule has 8 aromatic heterocycles. The van der Waals surface area contributed by atoms with E-state index in [-0.39, 0.29) is 17.8 Å². The third kappa shape index (κ3) is 15.4. The van der Waals surface area contributed by atoms with Crippen LogP contribution in [0.4, 0.5) is 0 Å². The lowest BCUT2D eigenvalue weighted by Gasteiger charge is -2.21. The molecule has 0 aliphatic heterocycles. The van der Waals surface area contributed by atoms with E-state index in [0.717, 1.165) is 254 Å². The molecule has 0 unspecified atom stereocenters. The largest absolute Gasteiger partial charge is 0.455 e. The maximum absolute atomic E-state index is 9.10. The van der Waals surface area contributed by atoms with Gasteiger partial charge in [-0.25, -0.2) is 18.3 Å². The van der Waals surface area contributed by atoms with E-state index in [9.17, 15) is 0 Å². The number of furan rings is 4. The van der Waals surface area contributed by atoms with Crippen molar-refractivity contribution in [3.8, 4) is 45.0 Å². The van der Waals surface area contributed by atoms with Crippen LogP contribution in [-0.4, -0.2) is 0 Å². The van der Waals surface area contributed by atoms with Crippen LogP contribution in [0.2, 0.25) is 0 Å². The average Bonchev–Trinajstić information content (AvgIpc) is 1.59. The third-order valence-corrected chi connectivity index (χ3v) is 26.6. The zero-order valence-corrected chi connectivity index (χ0v) is 72.5. The fraction of sp³-hybridized carbons (Fsp3) is 0.270. The van der Waals surface area contributed by atoms with Crippen molar-refractivity contribution >= 4 is 131 Å². The highest BCUT2D eigenvalue weighted by molar-refractivity contribution is 6.19. The van der Waals surface area contributed by atoms with Crippen LogP contribution in [-0.2, 0) is 47.3 Å². The molecule has 3 fully saturated rings. The van der Waals surface area contributed by atoms with E-state index in [1.165, 1.54) is 50.9 Å². The standard InChI is InChI=1S/C30H30NO.2C29H28NO.C27H26NO/c1-20-16-27-25-13-12-23-10-6-7-11-24(23)30(25)32-29(27)19-26(20)28-18-22(14-15-31(28)2)17-21-8-4-3-5-9-21;1-19-15-26-24-12-11-22-9-5-6-10-23(22)29(24)31-28(26)18-25(19)27-17-21(13-14-30(27)2)16-20-7-3-4-8-20;1-19-16-26-24-13-12-21-10-6-7-11-23(21)29(24)31-28(26)18-25(19)27-17-22(14-15-30(27)2)20-8-4-3-5-9-20;1-17(2)13-19-11-12-28(4)25(15-19)23-16-26-24(14-18(23)3)22-10-9-20-7-5-6-8-21(20)27(22)29-26/h6-7,10-16,18-19,21H,3-5,8-9,17H2,1-2H3;5-6,9-15,17-18,20H,3-4,7-8,16H2,1-2H3;6-7,10-18,20H,3-5,8-9H2,1-2H3;5-12,14-17H,13H2,1-4H3/q4*+1/i17D2;16D2;20D;13D2. The lowest BCUT2D eigenvalue weighted by molar-refractivity contribution is -0.660. The molecule has 23 rings (SSSR count). The van der Waals surface area contributed by atoms with Crippen LogP contribution < -0.4 is 18.3 Å². The minimum atomic E-state index is -1.39. The summed E-state index contributed by atoms with van der Waals surface area (Å²) in [5.74, 6) is -0.378. The number of hydrogen-bond acceptors (Lipinski definition) is 4. The molecule has 3 aliphatic carbocycles. The van der Waals surface area contributed by atoms with Gasteiger partial charge in [0.15, 0.2) is 24.8 Å². The van der Waals surface area contributed by atoms with E-state index in [4.69, 9.17) is 27.3 Å². The number of fused-ring (bicyclic) bond motifs is 20. The first-order valence-electron chi connectivity index (χ1n) is 48.1. The molecule has 3 saturated carbocycles. The Morgan fingerprint density at radius 3 is 0.919 bits per heavy atom. The summed E-state index contributed by atoms with van der Waals surface area (Å²) in [4.78, 5) is 0. The molecule has 612 valence electrons. The molecule has 8 nitrogen and oxygen atoms in total. The van der Waals surface area contributed by atoms with Gasteiger partial charge in [0.1, 0.15) is 72.9 Å². The molecule has 0 radical (unpaired) electrons. The number of pyridine rings is 4. The van der Waals surface area contributed by atoms with Gasteiger partial charge < -0.3 is 17.7 Å². The number of hydrogen-bond donors (Lipinski definition) is 0. The van der Waals surface area contributed by atoms with Gasteiger partial charge in [-0.1, -0.05) is 212 Å². The minimum absolute atomic E-state index is 0.0917. The summed E-state index contributed by atoms with van der Waals surface area (Å²) in [6.45, 7) is 12.4. The Bertz CT molecular complexity index is 7870. The highest BCUT2D eigenvalue weighted by Gasteiger charge is 2.28. The molecule has 0 atom stereocenters. The van der Waals surface area contributed by atoms with Crippen LogP contribution >= 0.6 is 0 Å². The van der Waals surface area contributed by atoms with Gasteiger partial charge in [0.25, 0.3) is 0 Å². The molecule has 0 amide bonds. The highest BCUT2D eigenvalue weighted by Crippen LogP contribution is 2.44. The SMILES string of the molecule is [2H]C([2H])(c1cc[n+](C)c(-c2cc3oc4c5ccccc5ccc4c3cc2C)c1)C(C)C.[2H]C([2H])(c1cc[n+](C)c(-c2cc3oc4c5ccccc5ccc4c3cc2C)c1)C1CCCC1.[2H]C([2H])(c1cc[n+](C)c(-c2cc3oc4c5ccccc5ccc4c3cc2C)c1)C1CCCCC1.[2H]C1(c2cc[n+](C)c(-c3cc4oc5c6ccccc6ccc5c4cc3C)c2)CCCCC1. The van der Waals surface area contributed by atoms with E-state index in [2.05, 4.69) is 255 Å². The van der Waals surface area contributed by atoms with Crippen LogP contribution in [0.1, 0.15) is 164 Å². The van der Waals surface area contributed by atoms with E-state index >= 15 is 0 Å². The van der Waals surface area contributed by atoms with Gasteiger partial charge in [-0.15, -0.1) is 0 Å². The molecule has 8 heteroatoms. The predicted molar refractivity (Wildman–Crippen MR) is 511 cm³/mol. The smallest absolute Gasteiger partial charge is 0.212 e. The van der Waals surface area contributed by atoms with Gasteiger partial charge in [-0.2, -0.15) is 0 Å². The van der Waals surface area contributed by atoms with Crippen molar-refractivity contribution in [2.75, 3.05) is 0 Å². The highest BCUT2D eigenvalue weighted by atomic mass is 16.3. The number of aryl methyl sites for hydroxylation is 8. The zero-order valence-electron chi connectivity index (χ0n) is 79.5. The Labute approximate surface area is 731 Å². The van der Waals surface area contributed by atoms with Crippen LogP contribution in [0.25, 0.3) is 176 Å². The second-order valence-electron chi connectivity index (χ2n) is 35.4. The average molecular weight is 1620 g/mol. The van der Waals surface area contributed by atoms with E-state index in [0.29, 0.717) is 5.56 Å². The molecular formula is C115H112N4O4+4. The van der Waals surface area contributed by atoms with Crippen molar-refractivity contribution in [1.29, 1.82) is 0 Å². The van der Waals surface area contributed by atoms with E-state index < -0.39 is 25.0 Å². The lowest BCUT2D eigenvalue weighted by atomic mass is 9.84. The molecule has 12 aromatic carbocycles. The number of rotatable bonds is 11. The van der Waals surface area contributed by atoms with Crippen LogP contribution in [0.5, 0.6) is 0 Å². The van der Waals surface area contributed by atoms with Crippen molar-refractivity contribution in [3.63, 3.8) is 0 Å². The van der Waals surface area contributed by atoms with Crippen molar-refractivity contribution in [2.45, 2.75) is 156 Å². The summed E-state index contributed by atoms with van der Waals surface area (Å²) >= 11 is 0. The molecule has 123 heavy (non-hydrogen) atoms. The van der Waals surface area contributed by atoms with Gasteiger partial charge in [0, 0.05) is 123 Å². The fourth-order valence-electron chi connectivity index (χ4n) is 20.0. The maximum atomic E-state index is 9.10. The molecule has 0 spiro atoms. The van der Waals surface area contributed by atoms with Gasteiger partial charge in [-0.05, 0) is 222 Å². The monoisotopic (exact) mass is 1620 g/mol. The molecule has 3 aliphatic rings. The molecular weight excluding hydrogens is 1500 g/mol. The number of benzene rings is 12. The summed E-state index contributed by atoms with van der Waals surface area (Å²) in [6.07, 6.45) is 19.2. The van der Waals surface area contributed by atoms with Gasteiger partial charge in [0.05, 0.1) is 22.3 Å². The van der Waals surface area contributed by atoms with E-state index in [1.807, 2.05) is 101 Å². The minimum Gasteiger partial charge on any atom is -0.455 e. The topological polar surface area (TPSA) is 68.1 Å². The van der Waals surface area contributed by atoms with Gasteiger partial charge in [0.2, 0.25) is 22.8 Å². The molecule has 8 heterocycles.